The maximum absolute atomic E-state index is 11.1. The van der Waals surface area contributed by atoms with E-state index in [0.717, 1.165) is 49.9 Å². The van der Waals surface area contributed by atoms with Crippen LogP contribution in [0.2, 0.25) is 0 Å². The summed E-state index contributed by atoms with van der Waals surface area (Å²) in [6.45, 7) is 2.35. The second-order valence-corrected chi connectivity index (χ2v) is 7.58. The topological polar surface area (TPSA) is 79.0 Å². The zero-order valence-electron chi connectivity index (χ0n) is 15.2. The molecule has 25 heavy (non-hydrogen) atoms. The van der Waals surface area contributed by atoms with Crippen molar-refractivity contribution in [1.29, 1.82) is 0 Å². The van der Waals surface area contributed by atoms with Crippen LogP contribution in [0.3, 0.4) is 0 Å². The molecule has 5 nitrogen and oxygen atoms in total. The molecular formula is C20H32N2O3. The SMILES string of the molecule is C[C@@H]1CCC2CC=CCC2N1C(O)C1=CCC=C(OCC(N)O)CC1. The molecule has 1 aliphatic heterocycles. The standard InChI is InChI=1S/C20H32N2O3/c1-14-9-10-15-5-2-3-8-18(15)22(14)20(24)16-6-4-7-17(12-11-16)25-13-19(21)23/h2-3,6-7,14-15,18-20,23-24H,4-5,8-13,21H2,1H3/t14-,15?,18?,19?,20?/m1/s1. The van der Waals surface area contributed by atoms with Crippen molar-refractivity contribution in [2.45, 2.75) is 76.4 Å². The third kappa shape index (κ3) is 4.53. The molecule has 0 amide bonds. The van der Waals surface area contributed by atoms with E-state index < -0.39 is 12.5 Å². The van der Waals surface area contributed by atoms with Crippen LogP contribution in [-0.4, -0.2) is 46.3 Å². The molecule has 5 heteroatoms. The molecule has 0 aromatic rings. The van der Waals surface area contributed by atoms with E-state index in [4.69, 9.17) is 15.6 Å². The van der Waals surface area contributed by atoms with Crippen molar-refractivity contribution in [1.82, 2.24) is 4.90 Å². The first-order valence-corrected chi connectivity index (χ1v) is 9.61. The van der Waals surface area contributed by atoms with Crippen molar-refractivity contribution in [3.05, 3.63) is 35.6 Å². The number of aliphatic hydroxyl groups excluding tert-OH is 2. The Morgan fingerprint density at radius 3 is 2.80 bits per heavy atom. The first-order chi connectivity index (χ1) is 12.1. The van der Waals surface area contributed by atoms with Gasteiger partial charge in [0.25, 0.3) is 0 Å². The number of piperidine rings is 1. The number of rotatable bonds is 5. The molecule has 0 radical (unpaired) electrons. The zero-order valence-corrected chi connectivity index (χ0v) is 15.2. The summed E-state index contributed by atoms with van der Waals surface area (Å²) in [4.78, 5) is 2.35. The van der Waals surface area contributed by atoms with Crippen LogP contribution in [0.1, 0.15) is 51.9 Å². The van der Waals surface area contributed by atoms with Crippen LogP contribution in [0, 0.1) is 5.92 Å². The number of likely N-dealkylation sites (tertiary alicyclic amines) is 1. The fourth-order valence-corrected chi connectivity index (χ4v) is 4.45. The van der Waals surface area contributed by atoms with Crippen molar-refractivity contribution in [2.24, 2.45) is 11.7 Å². The van der Waals surface area contributed by atoms with Gasteiger partial charge in [0.2, 0.25) is 0 Å². The van der Waals surface area contributed by atoms with Gasteiger partial charge in [-0.3, -0.25) is 4.90 Å². The Bertz CT molecular complexity index is 541. The first kappa shape index (κ1) is 18.6. The van der Waals surface area contributed by atoms with E-state index in [0.29, 0.717) is 18.0 Å². The Balaban J connectivity index is 1.63. The first-order valence-electron chi connectivity index (χ1n) is 9.61. The Kier molecular flexibility index (Phi) is 6.34. The normalized spacial score (nSPS) is 32.9. The minimum absolute atomic E-state index is 0.114. The van der Waals surface area contributed by atoms with Gasteiger partial charge in [-0.2, -0.15) is 0 Å². The van der Waals surface area contributed by atoms with Crippen LogP contribution in [0.5, 0.6) is 0 Å². The van der Waals surface area contributed by atoms with E-state index in [1.165, 1.54) is 6.42 Å². The van der Waals surface area contributed by atoms with E-state index >= 15 is 0 Å². The molecule has 3 aliphatic rings. The molecule has 1 saturated heterocycles. The number of aliphatic hydroxyl groups is 2. The van der Waals surface area contributed by atoms with Gasteiger partial charge in [-0.15, -0.1) is 0 Å². The number of allylic oxidation sites excluding steroid dienone is 4. The van der Waals surface area contributed by atoms with E-state index in [9.17, 15) is 5.11 Å². The van der Waals surface area contributed by atoms with Crippen LogP contribution in [0.4, 0.5) is 0 Å². The number of fused-ring (bicyclic) bond motifs is 1. The fourth-order valence-electron chi connectivity index (χ4n) is 4.45. The molecule has 0 saturated carbocycles. The van der Waals surface area contributed by atoms with Gasteiger partial charge in [-0.25, -0.2) is 0 Å². The summed E-state index contributed by atoms with van der Waals surface area (Å²) < 4.78 is 5.55. The largest absolute Gasteiger partial charge is 0.494 e. The van der Waals surface area contributed by atoms with Gasteiger partial charge in [0, 0.05) is 18.5 Å². The summed E-state index contributed by atoms with van der Waals surface area (Å²) >= 11 is 0. The second kappa shape index (κ2) is 8.49. The highest BCUT2D eigenvalue weighted by molar-refractivity contribution is 5.17. The van der Waals surface area contributed by atoms with E-state index in [-0.39, 0.29) is 6.61 Å². The van der Waals surface area contributed by atoms with Gasteiger partial charge in [-0.1, -0.05) is 18.2 Å². The average molecular weight is 348 g/mol. The van der Waals surface area contributed by atoms with Crippen LogP contribution >= 0.6 is 0 Å². The van der Waals surface area contributed by atoms with Crippen LogP contribution in [-0.2, 0) is 4.74 Å². The molecule has 4 unspecified atom stereocenters. The Hall–Kier alpha value is -1.14. The number of nitrogens with two attached hydrogens (primary N) is 1. The third-order valence-corrected chi connectivity index (χ3v) is 5.81. The molecule has 1 fully saturated rings. The van der Waals surface area contributed by atoms with Crippen LogP contribution < -0.4 is 5.73 Å². The van der Waals surface area contributed by atoms with E-state index in [1.807, 2.05) is 6.08 Å². The predicted octanol–water partition coefficient (Wildman–Crippen LogP) is 2.41. The quantitative estimate of drug-likeness (QED) is 0.525. The highest BCUT2D eigenvalue weighted by Gasteiger charge is 2.39. The molecule has 140 valence electrons. The van der Waals surface area contributed by atoms with Gasteiger partial charge < -0.3 is 20.7 Å². The molecule has 0 aromatic heterocycles. The third-order valence-electron chi connectivity index (χ3n) is 5.81. The second-order valence-electron chi connectivity index (χ2n) is 7.58. The lowest BCUT2D eigenvalue weighted by molar-refractivity contribution is -0.0695. The summed E-state index contributed by atoms with van der Waals surface area (Å²) in [5, 5.41) is 20.3. The maximum atomic E-state index is 11.1. The smallest absolute Gasteiger partial charge is 0.136 e. The molecule has 0 bridgehead atoms. The lowest BCUT2D eigenvalue weighted by Crippen LogP contribution is -2.55. The molecule has 4 N–H and O–H groups in total. The Morgan fingerprint density at radius 2 is 2.00 bits per heavy atom. The average Bonchev–Trinajstić information content (AvgIpc) is 2.85. The molecule has 0 spiro atoms. The maximum Gasteiger partial charge on any atom is 0.136 e. The van der Waals surface area contributed by atoms with Crippen molar-refractivity contribution in [3.63, 3.8) is 0 Å². The predicted molar refractivity (Wildman–Crippen MR) is 98.4 cm³/mol. The molecule has 0 aromatic carbocycles. The highest BCUT2D eigenvalue weighted by atomic mass is 16.5. The summed E-state index contributed by atoms with van der Waals surface area (Å²) in [7, 11) is 0. The van der Waals surface area contributed by atoms with Crippen LogP contribution in [0.25, 0.3) is 0 Å². The van der Waals surface area contributed by atoms with E-state index in [2.05, 4.69) is 30.1 Å². The van der Waals surface area contributed by atoms with Gasteiger partial charge in [-0.05, 0) is 63.0 Å². The minimum atomic E-state index is -0.951. The molecule has 1 heterocycles. The van der Waals surface area contributed by atoms with Gasteiger partial charge in [0.05, 0.1) is 5.76 Å². The zero-order chi connectivity index (χ0) is 17.8. The summed E-state index contributed by atoms with van der Waals surface area (Å²) in [5.41, 5.74) is 6.43. The van der Waals surface area contributed by atoms with Crippen molar-refractivity contribution < 1.29 is 14.9 Å². The lowest BCUT2D eigenvalue weighted by Gasteiger charge is -2.49. The summed E-state index contributed by atoms with van der Waals surface area (Å²) in [5.74, 6) is 1.53. The van der Waals surface area contributed by atoms with E-state index in [1.54, 1.807) is 0 Å². The minimum Gasteiger partial charge on any atom is -0.494 e. The number of ether oxygens (including phenoxy) is 1. The summed E-state index contributed by atoms with van der Waals surface area (Å²) in [6.07, 6.45) is 14.1. The van der Waals surface area contributed by atoms with Gasteiger partial charge in [0.15, 0.2) is 0 Å². The monoisotopic (exact) mass is 348 g/mol. The molecular weight excluding hydrogens is 316 g/mol. The van der Waals surface area contributed by atoms with Gasteiger partial charge >= 0.3 is 0 Å². The van der Waals surface area contributed by atoms with Crippen molar-refractivity contribution in [3.8, 4) is 0 Å². The fraction of sp³-hybridized carbons (Fsp3) is 0.700. The van der Waals surface area contributed by atoms with Crippen molar-refractivity contribution >= 4 is 0 Å². The Labute approximate surface area is 150 Å². The van der Waals surface area contributed by atoms with Gasteiger partial charge in [0.1, 0.15) is 19.1 Å². The molecule has 2 aliphatic carbocycles. The Morgan fingerprint density at radius 1 is 1.20 bits per heavy atom. The van der Waals surface area contributed by atoms with Crippen molar-refractivity contribution in [2.75, 3.05) is 6.61 Å². The number of hydrogen-bond donors (Lipinski definition) is 3. The lowest BCUT2D eigenvalue weighted by atomic mass is 9.78. The number of hydrogen-bond acceptors (Lipinski definition) is 5. The van der Waals surface area contributed by atoms with Crippen LogP contribution in [0.15, 0.2) is 35.6 Å². The molecule has 3 rings (SSSR count). The number of nitrogens with zero attached hydrogens (tertiary/aromatic N) is 1. The molecule has 5 atom stereocenters. The highest BCUT2D eigenvalue weighted by Crippen LogP contribution is 2.38. The summed E-state index contributed by atoms with van der Waals surface area (Å²) in [6, 6.07) is 0.854.